The highest BCUT2D eigenvalue weighted by molar-refractivity contribution is 6.04. The first-order chi connectivity index (χ1) is 11.8. The van der Waals surface area contributed by atoms with Crippen LogP contribution >= 0.6 is 0 Å². The highest BCUT2D eigenvalue weighted by atomic mass is 19.4. The molecule has 0 fully saturated rings. The predicted octanol–water partition coefficient (Wildman–Crippen LogP) is 4.78. The van der Waals surface area contributed by atoms with Gasteiger partial charge in [0.2, 0.25) is 5.91 Å². The van der Waals surface area contributed by atoms with E-state index in [1.165, 1.54) is 29.7 Å². The summed E-state index contributed by atoms with van der Waals surface area (Å²) in [4.78, 5) is 15.8. The Morgan fingerprint density at radius 1 is 1.12 bits per heavy atom. The van der Waals surface area contributed by atoms with Crippen LogP contribution in [0.2, 0.25) is 0 Å². The normalized spacial score (nSPS) is 12.2. The van der Waals surface area contributed by atoms with Crippen LogP contribution in [0.15, 0.2) is 53.5 Å². The molecular weight excluding hydrogens is 333 g/mol. The molecule has 0 spiro atoms. The minimum Gasteiger partial charge on any atom is -0.505 e. The fourth-order valence-electron chi connectivity index (χ4n) is 2.66. The standard InChI is InChI=1S/C18H13F3N2O2/c1-11(24)23-15-9-5-2-6-12(15)17(25)16(23)10-22-14-8-4-3-7-13(14)18(19,20)21/h2-10,25H,1H3. The Bertz CT molecular complexity index is 988. The van der Waals surface area contributed by atoms with Crippen molar-refractivity contribution < 1.29 is 23.1 Å². The summed E-state index contributed by atoms with van der Waals surface area (Å²) < 4.78 is 40.3. The monoisotopic (exact) mass is 346 g/mol. The van der Waals surface area contributed by atoms with Gasteiger partial charge < -0.3 is 5.11 Å². The zero-order valence-corrected chi connectivity index (χ0v) is 13.1. The van der Waals surface area contributed by atoms with Crippen molar-refractivity contribution in [1.82, 2.24) is 4.57 Å². The van der Waals surface area contributed by atoms with Gasteiger partial charge in [0, 0.05) is 12.3 Å². The van der Waals surface area contributed by atoms with Crippen LogP contribution in [0, 0.1) is 0 Å². The number of aliphatic imine (C=N–C) groups is 1. The molecule has 0 radical (unpaired) electrons. The lowest BCUT2D eigenvalue weighted by atomic mass is 10.2. The van der Waals surface area contributed by atoms with Crippen LogP contribution in [0.3, 0.4) is 0 Å². The largest absolute Gasteiger partial charge is 0.505 e. The number of alkyl halides is 3. The number of aromatic nitrogens is 1. The van der Waals surface area contributed by atoms with E-state index in [-0.39, 0.29) is 23.0 Å². The molecule has 0 unspecified atom stereocenters. The van der Waals surface area contributed by atoms with Gasteiger partial charge in [-0.15, -0.1) is 0 Å². The van der Waals surface area contributed by atoms with Crippen LogP contribution in [0.4, 0.5) is 18.9 Å². The Kier molecular flexibility index (Phi) is 4.08. The molecule has 1 N–H and O–H groups in total. The summed E-state index contributed by atoms with van der Waals surface area (Å²) in [6.07, 6.45) is -3.48. The number of nitrogens with zero attached hydrogens (tertiary/aromatic N) is 2. The summed E-state index contributed by atoms with van der Waals surface area (Å²) in [6, 6.07) is 11.5. The number of carbonyl (C=O) groups excluding carboxylic acids is 1. The van der Waals surface area contributed by atoms with Crippen molar-refractivity contribution >= 4 is 28.7 Å². The summed E-state index contributed by atoms with van der Waals surface area (Å²) >= 11 is 0. The maximum atomic E-state index is 13.0. The van der Waals surface area contributed by atoms with Gasteiger partial charge in [-0.25, -0.2) is 0 Å². The molecular formula is C18H13F3N2O2. The lowest BCUT2D eigenvalue weighted by Gasteiger charge is -2.09. The van der Waals surface area contributed by atoms with Crippen LogP contribution in [-0.2, 0) is 6.18 Å². The molecule has 0 saturated carbocycles. The molecule has 0 aliphatic rings. The summed E-state index contributed by atoms with van der Waals surface area (Å²) in [5, 5.41) is 10.8. The Morgan fingerprint density at radius 3 is 2.44 bits per heavy atom. The van der Waals surface area contributed by atoms with E-state index in [2.05, 4.69) is 4.99 Å². The molecule has 1 heterocycles. The summed E-state index contributed by atoms with van der Waals surface area (Å²) in [5.41, 5.74) is -0.699. The van der Waals surface area contributed by atoms with Gasteiger partial charge in [0.1, 0.15) is 5.69 Å². The number of rotatable bonds is 2. The number of halogens is 3. The highest BCUT2D eigenvalue weighted by Crippen LogP contribution is 2.36. The number of hydrogen-bond acceptors (Lipinski definition) is 3. The predicted molar refractivity (Wildman–Crippen MR) is 88.6 cm³/mol. The molecule has 2 aromatic carbocycles. The van der Waals surface area contributed by atoms with Gasteiger partial charge in [-0.1, -0.05) is 24.3 Å². The van der Waals surface area contributed by atoms with Crippen LogP contribution in [-0.4, -0.2) is 21.8 Å². The molecule has 0 aliphatic carbocycles. The van der Waals surface area contributed by atoms with Crippen molar-refractivity contribution in [1.29, 1.82) is 0 Å². The van der Waals surface area contributed by atoms with E-state index in [1.807, 2.05) is 0 Å². The van der Waals surface area contributed by atoms with Crippen molar-refractivity contribution in [2.75, 3.05) is 0 Å². The second-order valence-corrected chi connectivity index (χ2v) is 5.38. The maximum absolute atomic E-state index is 13.0. The Labute approximate surface area is 140 Å². The van der Waals surface area contributed by atoms with Crippen molar-refractivity contribution in [2.24, 2.45) is 4.99 Å². The van der Waals surface area contributed by atoms with E-state index in [9.17, 15) is 23.1 Å². The molecule has 0 bridgehead atoms. The molecule has 0 amide bonds. The number of aromatic hydroxyl groups is 1. The van der Waals surface area contributed by atoms with Gasteiger partial charge >= 0.3 is 6.18 Å². The van der Waals surface area contributed by atoms with Gasteiger partial charge in [0.05, 0.1) is 23.0 Å². The van der Waals surface area contributed by atoms with E-state index in [1.54, 1.807) is 24.3 Å². The SMILES string of the molecule is CC(=O)n1c(C=Nc2ccccc2C(F)(F)F)c(O)c2ccccc21. The van der Waals surface area contributed by atoms with Crippen LogP contribution in [0.1, 0.15) is 23.0 Å². The third kappa shape index (κ3) is 3.00. The summed E-state index contributed by atoms with van der Waals surface area (Å²) in [7, 11) is 0. The van der Waals surface area contributed by atoms with E-state index < -0.39 is 11.7 Å². The number of fused-ring (bicyclic) bond motifs is 1. The quantitative estimate of drug-likeness (QED) is 0.679. The van der Waals surface area contributed by atoms with Crippen molar-refractivity contribution in [3.05, 3.63) is 59.8 Å². The second-order valence-electron chi connectivity index (χ2n) is 5.38. The molecule has 0 atom stereocenters. The second kappa shape index (κ2) is 6.08. The Morgan fingerprint density at radius 2 is 1.76 bits per heavy atom. The fourth-order valence-corrected chi connectivity index (χ4v) is 2.66. The minimum absolute atomic E-state index is 0.0330. The third-order valence-electron chi connectivity index (χ3n) is 3.73. The molecule has 3 rings (SSSR count). The molecule has 128 valence electrons. The first-order valence-electron chi connectivity index (χ1n) is 7.34. The molecule has 0 saturated heterocycles. The topological polar surface area (TPSA) is 54.6 Å². The molecule has 1 aromatic heterocycles. The lowest BCUT2D eigenvalue weighted by Crippen LogP contribution is -2.09. The fraction of sp³-hybridized carbons (Fsp3) is 0.111. The molecule has 4 nitrogen and oxygen atoms in total. The molecule has 25 heavy (non-hydrogen) atoms. The van der Waals surface area contributed by atoms with Gasteiger partial charge in [-0.3, -0.25) is 14.4 Å². The average molecular weight is 346 g/mol. The first kappa shape index (κ1) is 16.8. The van der Waals surface area contributed by atoms with Gasteiger partial charge in [-0.05, 0) is 24.3 Å². The van der Waals surface area contributed by atoms with Gasteiger partial charge in [-0.2, -0.15) is 13.2 Å². The van der Waals surface area contributed by atoms with Crippen molar-refractivity contribution in [3.8, 4) is 5.75 Å². The number of benzene rings is 2. The first-order valence-corrected chi connectivity index (χ1v) is 7.34. The van der Waals surface area contributed by atoms with Gasteiger partial charge in [0.25, 0.3) is 0 Å². The van der Waals surface area contributed by atoms with Crippen LogP contribution in [0.5, 0.6) is 5.75 Å². The molecule has 7 heteroatoms. The van der Waals surface area contributed by atoms with Crippen LogP contribution in [0.25, 0.3) is 10.9 Å². The Hall–Kier alpha value is -3.09. The van der Waals surface area contributed by atoms with E-state index in [0.717, 1.165) is 12.3 Å². The third-order valence-corrected chi connectivity index (χ3v) is 3.73. The summed E-state index contributed by atoms with van der Waals surface area (Å²) in [5.74, 6) is -0.596. The van der Waals surface area contributed by atoms with Crippen LogP contribution < -0.4 is 0 Å². The summed E-state index contributed by atoms with van der Waals surface area (Å²) in [6.45, 7) is 1.30. The van der Waals surface area contributed by atoms with E-state index in [0.29, 0.717) is 10.9 Å². The van der Waals surface area contributed by atoms with Gasteiger partial charge in [0.15, 0.2) is 5.75 Å². The minimum atomic E-state index is -4.55. The molecule has 0 aliphatic heterocycles. The maximum Gasteiger partial charge on any atom is 0.418 e. The number of hydrogen-bond donors (Lipinski definition) is 1. The Balaban J connectivity index is 2.17. The van der Waals surface area contributed by atoms with Crippen molar-refractivity contribution in [2.45, 2.75) is 13.1 Å². The smallest absolute Gasteiger partial charge is 0.418 e. The zero-order valence-electron chi connectivity index (χ0n) is 13.1. The van der Waals surface area contributed by atoms with E-state index >= 15 is 0 Å². The van der Waals surface area contributed by atoms with Crippen molar-refractivity contribution in [3.63, 3.8) is 0 Å². The lowest BCUT2D eigenvalue weighted by molar-refractivity contribution is -0.137. The zero-order chi connectivity index (χ0) is 18.2. The number of carbonyl (C=O) groups is 1. The highest BCUT2D eigenvalue weighted by Gasteiger charge is 2.33. The average Bonchev–Trinajstić information content (AvgIpc) is 2.85. The molecule has 3 aromatic rings. The van der Waals surface area contributed by atoms with E-state index in [4.69, 9.17) is 0 Å². The number of para-hydroxylation sites is 2.